The van der Waals surface area contributed by atoms with Gasteiger partial charge in [-0.2, -0.15) is 0 Å². The minimum absolute atomic E-state index is 0.0350. The molecule has 0 aliphatic carbocycles. The summed E-state index contributed by atoms with van der Waals surface area (Å²) in [5.41, 5.74) is -2.18. The van der Waals surface area contributed by atoms with Gasteiger partial charge in [0.25, 0.3) is 0 Å². The number of hydrogen-bond acceptors (Lipinski definition) is 6. The first-order valence-electron chi connectivity index (χ1n) is 3.70. The first kappa shape index (κ1) is 12.5. The van der Waals surface area contributed by atoms with Crippen LogP contribution >= 0.6 is 0 Å². The summed E-state index contributed by atoms with van der Waals surface area (Å²) in [4.78, 5) is 10.1. The topological polar surface area (TPSA) is 118 Å². The van der Waals surface area contributed by atoms with E-state index in [0.29, 0.717) is 0 Å². The van der Waals surface area contributed by atoms with Gasteiger partial charge in [-0.3, -0.25) is 0 Å². The van der Waals surface area contributed by atoms with Gasteiger partial charge in [-0.25, -0.2) is 0 Å². The van der Waals surface area contributed by atoms with Crippen molar-refractivity contribution in [3.8, 4) is 0 Å². The number of carbonyl (C=O) groups excluding carboxylic acids is 1. The lowest BCUT2D eigenvalue weighted by Gasteiger charge is -2.32. The molecule has 0 saturated carbocycles. The third-order valence-corrected chi connectivity index (χ3v) is 1.88. The van der Waals surface area contributed by atoms with Crippen LogP contribution in [0.25, 0.3) is 0 Å². The van der Waals surface area contributed by atoms with Crippen molar-refractivity contribution in [2.45, 2.75) is 30.8 Å². The predicted octanol–water partition coefficient (Wildman–Crippen LogP) is -2.99. The standard InChI is InChI=1S/C7H14O6/c1-7(13,5(11)3-9)6(12)4(10)2-8/h3-6,8,10-13H,2H2,1H3/t4-,5-,6-,7-/m1/s1. The highest BCUT2D eigenvalue weighted by molar-refractivity contribution is 5.58. The number of aliphatic hydroxyl groups is 5. The monoisotopic (exact) mass is 194 g/mol. The van der Waals surface area contributed by atoms with E-state index in [1.54, 1.807) is 0 Å². The van der Waals surface area contributed by atoms with Crippen molar-refractivity contribution in [1.29, 1.82) is 0 Å². The van der Waals surface area contributed by atoms with Gasteiger partial charge < -0.3 is 30.3 Å². The van der Waals surface area contributed by atoms with E-state index in [-0.39, 0.29) is 6.29 Å². The van der Waals surface area contributed by atoms with E-state index in [9.17, 15) is 9.90 Å². The highest BCUT2D eigenvalue weighted by atomic mass is 16.4. The molecule has 0 spiro atoms. The predicted molar refractivity (Wildman–Crippen MR) is 41.8 cm³/mol. The molecule has 0 aliphatic rings. The fourth-order valence-corrected chi connectivity index (χ4v) is 0.802. The van der Waals surface area contributed by atoms with Crippen molar-refractivity contribution in [1.82, 2.24) is 0 Å². The Balaban J connectivity index is 4.51. The molecule has 0 rings (SSSR count). The summed E-state index contributed by atoms with van der Waals surface area (Å²) in [5, 5.41) is 44.8. The molecule has 78 valence electrons. The summed E-state index contributed by atoms with van der Waals surface area (Å²) in [6.45, 7) is 0.207. The number of carbonyl (C=O) groups is 1. The molecule has 0 bridgehead atoms. The van der Waals surface area contributed by atoms with Crippen molar-refractivity contribution in [3.05, 3.63) is 0 Å². The molecule has 4 atom stereocenters. The molecule has 0 aromatic rings. The first-order chi connectivity index (χ1) is 5.87. The van der Waals surface area contributed by atoms with Crippen LogP contribution in [-0.2, 0) is 4.79 Å². The van der Waals surface area contributed by atoms with Gasteiger partial charge in [-0.15, -0.1) is 0 Å². The molecule has 6 heteroatoms. The highest BCUT2D eigenvalue weighted by Crippen LogP contribution is 2.16. The van der Waals surface area contributed by atoms with Crippen molar-refractivity contribution in [2.24, 2.45) is 0 Å². The summed E-state index contributed by atoms with van der Waals surface area (Å²) < 4.78 is 0. The second kappa shape index (κ2) is 4.64. The van der Waals surface area contributed by atoms with E-state index in [2.05, 4.69) is 0 Å². The molecule has 0 radical (unpaired) electrons. The maximum Gasteiger partial charge on any atom is 0.151 e. The number of hydrogen-bond donors (Lipinski definition) is 5. The maximum atomic E-state index is 10.1. The van der Waals surface area contributed by atoms with Crippen molar-refractivity contribution < 1.29 is 30.3 Å². The van der Waals surface area contributed by atoms with Gasteiger partial charge in [0.1, 0.15) is 23.9 Å². The molecule has 0 aromatic carbocycles. The fraction of sp³-hybridized carbons (Fsp3) is 0.857. The Kier molecular flexibility index (Phi) is 4.45. The third kappa shape index (κ3) is 2.71. The summed E-state index contributed by atoms with van der Waals surface area (Å²) in [7, 11) is 0. The van der Waals surface area contributed by atoms with Gasteiger partial charge in [-0.1, -0.05) is 0 Å². The molecule has 0 aliphatic heterocycles. The van der Waals surface area contributed by atoms with Crippen LogP contribution in [0.5, 0.6) is 0 Å². The van der Waals surface area contributed by atoms with Crippen LogP contribution in [0, 0.1) is 0 Å². The Labute approximate surface area is 75.1 Å². The molecule has 0 fully saturated rings. The summed E-state index contributed by atoms with van der Waals surface area (Å²) in [6.07, 6.45) is -5.18. The summed E-state index contributed by atoms with van der Waals surface area (Å²) >= 11 is 0. The number of rotatable bonds is 5. The number of aliphatic hydroxyl groups excluding tert-OH is 4. The molecular formula is C7H14O6. The van der Waals surface area contributed by atoms with Gasteiger partial charge in [-0.05, 0) is 6.92 Å². The van der Waals surface area contributed by atoms with Gasteiger partial charge in [0, 0.05) is 0 Å². The molecular weight excluding hydrogens is 180 g/mol. The minimum atomic E-state index is -2.18. The number of aldehydes is 1. The molecule has 0 unspecified atom stereocenters. The summed E-state index contributed by atoms with van der Waals surface area (Å²) in [5.74, 6) is 0. The molecule has 6 nitrogen and oxygen atoms in total. The Morgan fingerprint density at radius 1 is 1.38 bits per heavy atom. The van der Waals surface area contributed by atoms with E-state index in [1.807, 2.05) is 0 Å². The minimum Gasteiger partial charge on any atom is -0.394 e. The van der Waals surface area contributed by atoms with Crippen LogP contribution in [0.15, 0.2) is 0 Å². The normalized spacial score (nSPS) is 22.9. The molecule has 5 N–H and O–H groups in total. The van der Waals surface area contributed by atoms with Gasteiger partial charge in [0.2, 0.25) is 0 Å². The van der Waals surface area contributed by atoms with Crippen LogP contribution in [0.4, 0.5) is 0 Å². The van der Waals surface area contributed by atoms with Crippen LogP contribution in [0.3, 0.4) is 0 Å². The third-order valence-electron chi connectivity index (χ3n) is 1.88. The fourth-order valence-electron chi connectivity index (χ4n) is 0.802. The average molecular weight is 194 g/mol. The lowest BCUT2D eigenvalue weighted by molar-refractivity contribution is -0.173. The Morgan fingerprint density at radius 2 is 1.85 bits per heavy atom. The largest absolute Gasteiger partial charge is 0.394 e. The molecule has 13 heavy (non-hydrogen) atoms. The van der Waals surface area contributed by atoms with Crippen LogP contribution in [0.1, 0.15) is 6.92 Å². The van der Waals surface area contributed by atoms with Gasteiger partial charge in [0.15, 0.2) is 6.29 Å². The average Bonchev–Trinajstić information content (AvgIpc) is 2.13. The quantitative estimate of drug-likeness (QED) is 0.298. The maximum absolute atomic E-state index is 10.1. The van der Waals surface area contributed by atoms with Crippen molar-refractivity contribution in [3.63, 3.8) is 0 Å². The summed E-state index contributed by atoms with van der Waals surface area (Å²) in [6, 6.07) is 0. The SMILES string of the molecule is C[C@@](O)([C@H](O)C=O)[C@H](O)[C@H](O)CO. The lowest BCUT2D eigenvalue weighted by Crippen LogP contribution is -2.56. The first-order valence-corrected chi connectivity index (χ1v) is 3.70. The van der Waals surface area contributed by atoms with E-state index in [1.165, 1.54) is 0 Å². The van der Waals surface area contributed by atoms with E-state index >= 15 is 0 Å². The second-order valence-electron chi connectivity index (χ2n) is 3.00. The molecule has 0 saturated heterocycles. The Hall–Kier alpha value is -0.530. The van der Waals surface area contributed by atoms with Crippen LogP contribution in [0.2, 0.25) is 0 Å². The highest BCUT2D eigenvalue weighted by Gasteiger charge is 2.41. The zero-order valence-corrected chi connectivity index (χ0v) is 7.16. The van der Waals surface area contributed by atoms with Crippen LogP contribution < -0.4 is 0 Å². The van der Waals surface area contributed by atoms with Crippen molar-refractivity contribution >= 4 is 6.29 Å². The van der Waals surface area contributed by atoms with Gasteiger partial charge in [0.05, 0.1) is 6.61 Å². The zero-order valence-electron chi connectivity index (χ0n) is 7.16. The molecule has 0 amide bonds. The van der Waals surface area contributed by atoms with Crippen LogP contribution in [-0.4, -0.2) is 62.3 Å². The van der Waals surface area contributed by atoms with Gasteiger partial charge >= 0.3 is 0 Å². The lowest BCUT2D eigenvalue weighted by atomic mass is 9.90. The Morgan fingerprint density at radius 3 is 2.15 bits per heavy atom. The van der Waals surface area contributed by atoms with Crippen molar-refractivity contribution in [2.75, 3.05) is 6.61 Å². The smallest absolute Gasteiger partial charge is 0.151 e. The van der Waals surface area contributed by atoms with E-state index in [4.69, 9.17) is 20.4 Å². The molecule has 0 aromatic heterocycles. The molecule has 0 heterocycles. The second-order valence-corrected chi connectivity index (χ2v) is 3.00. The zero-order chi connectivity index (χ0) is 10.6. The van der Waals surface area contributed by atoms with E-state index in [0.717, 1.165) is 6.92 Å². The van der Waals surface area contributed by atoms with E-state index < -0.39 is 30.5 Å². The Bertz CT molecular complexity index is 168.